The molecule has 3 aromatic rings. The number of hydrogen-bond donors (Lipinski definition) is 2. The van der Waals surface area contributed by atoms with Crippen LogP contribution in [-0.4, -0.2) is 20.7 Å². The number of aromatic amines is 1. The van der Waals surface area contributed by atoms with Crippen molar-refractivity contribution in [3.05, 3.63) is 72.6 Å². The molecule has 0 aliphatic heterocycles. The summed E-state index contributed by atoms with van der Waals surface area (Å²) in [5.41, 5.74) is 4.18. The normalized spacial score (nSPS) is 10.7. The van der Waals surface area contributed by atoms with E-state index in [4.69, 9.17) is 12.2 Å². The lowest BCUT2D eigenvalue weighted by Crippen LogP contribution is -2.09. The van der Waals surface area contributed by atoms with Crippen LogP contribution in [-0.2, 0) is 17.6 Å². The first-order valence-corrected chi connectivity index (χ1v) is 9.52. The summed E-state index contributed by atoms with van der Waals surface area (Å²) in [7, 11) is 0. The van der Waals surface area contributed by atoms with Gasteiger partial charge in [0.05, 0.1) is 0 Å². The molecule has 138 valence electrons. The minimum Gasteiger partial charge on any atom is -0.346 e. The van der Waals surface area contributed by atoms with Crippen molar-refractivity contribution in [2.45, 2.75) is 32.1 Å². The second kappa shape index (κ2) is 9.24. The Morgan fingerprint density at radius 1 is 1.15 bits per heavy atom. The molecular weight excluding hydrogens is 354 g/mol. The first kappa shape index (κ1) is 19.0. The zero-order valence-corrected chi connectivity index (χ0v) is 16.0. The van der Waals surface area contributed by atoms with Gasteiger partial charge in [-0.25, -0.2) is 4.98 Å². The van der Waals surface area contributed by atoms with Gasteiger partial charge in [-0.2, -0.15) is 0 Å². The maximum Gasteiger partial charge on any atom is 0.247 e. The van der Waals surface area contributed by atoms with Gasteiger partial charge < -0.3 is 10.3 Å². The number of hydrogen-bond acceptors (Lipinski definition) is 3. The van der Waals surface area contributed by atoms with Crippen LogP contribution in [0.25, 0.3) is 11.0 Å². The number of anilines is 1. The smallest absolute Gasteiger partial charge is 0.247 e. The lowest BCUT2D eigenvalue weighted by molar-refractivity contribution is -0.111. The van der Waals surface area contributed by atoms with E-state index in [0.29, 0.717) is 0 Å². The Morgan fingerprint density at radius 3 is 2.85 bits per heavy atom. The van der Waals surface area contributed by atoms with Crippen molar-refractivity contribution in [1.29, 1.82) is 0 Å². The number of amides is 1. The van der Waals surface area contributed by atoms with E-state index in [2.05, 4.69) is 34.0 Å². The summed E-state index contributed by atoms with van der Waals surface area (Å²) in [4.78, 5) is 20.1. The molecule has 0 unspecified atom stereocenters. The van der Waals surface area contributed by atoms with Gasteiger partial charge >= 0.3 is 0 Å². The molecule has 0 aliphatic carbocycles. The third kappa shape index (κ3) is 5.11. The van der Waals surface area contributed by atoms with Gasteiger partial charge in [0.15, 0.2) is 0 Å². The molecule has 27 heavy (non-hydrogen) atoms. The van der Waals surface area contributed by atoms with Crippen LogP contribution in [0.15, 0.2) is 61.4 Å². The highest BCUT2D eigenvalue weighted by Gasteiger charge is 2.07. The third-order valence-corrected chi connectivity index (χ3v) is 4.99. The zero-order valence-electron chi connectivity index (χ0n) is 15.2. The molecule has 0 aliphatic rings. The molecule has 2 heterocycles. The fraction of sp³-hybridized carbons (Fsp3) is 0.227. The van der Waals surface area contributed by atoms with Gasteiger partial charge in [-0.05, 0) is 72.4 Å². The predicted octanol–water partition coefficient (Wildman–Crippen LogP) is 5.01. The number of aryl methyl sites for hydroxylation is 2. The number of nitrogens with zero attached hydrogens (tertiary/aromatic N) is 1. The van der Waals surface area contributed by atoms with E-state index in [9.17, 15) is 4.79 Å². The largest absolute Gasteiger partial charge is 0.346 e. The molecule has 0 atom stereocenters. The Balaban J connectivity index is 1.49. The Kier molecular flexibility index (Phi) is 6.49. The fourth-order valence-electron chi connectivity index (χ4n) is 3.16. The molecule has 3 rings (SSSR count). The van der Waals surface area contributed by atoms with Crippen LogP contribution in [0.2, 0.25) is 0 Å². The SMILES string of the molecule is C=CC(=O)Nc1ccccc1CCCC(=S)CCc1ccnc2[nH]ccc12. The van der Waals surface area contributed by atoms with E-state index in [1.807, 2.05) is 36.7 Å². The van der Waals surface area contributed by atoms with Crippen molar-refractivity contribution < 1.29 is 4.79 Å². The van der Waals surface area contributed by atoms with E-state index in [1.165, 1.54) is 17.0 Å². The molecule has 0 spiro atoms. The van der Waals surface area contributed by atoms with Crippen LogP contribution >= 0.6 is 12.2 Å². The average Bonchev–Trinajstić information content (AvgIpc) is 3.17. The molecule has 4 nitrogen and oxygen atoms in total. The van der Waals surface area contributed by atoms with Crippen LogP contribution in [0, 0.1) is 0 Å². The highest BCUT2D eigenvalue weighted by Crippen LogP contribution is 2.20. The number of fused-ring (bicyclic) bond motifs is 1. The van der Waals surface area contributed by atoms with Gasteiger partial charge in [0.25, 0.3) is 0 Å². The fourth-order valence-corrected chi connectivity index (χ4v) is 3.40. The van der Waals surface area contributed by atoms with Crippen LogP contribution < -0.4 is 5.32 Å². The standard InChI is InChI=1S/C22H23N3OS/c1-2-21(26)25-20-9-4-3-6-17(20)7-5-8-18(27)11-10-16-12-14-23-22-19(16)13-15-24-22/h2-4,6,9,12-15H,1,5,7-8,10-11H2,(H,23,24)(H,25,26). The number of pyridine rings is 1. The van der Waals surface area contributed by atoms with Crippen molar-refractivity contribution in [3.63, 3.8) is 0 Å². The van der Waals surface area contributed by atoms with Crippen molar-refractivity contribution in [1.82, 2.24) is 9.97 Å². The van der Waals surface area contributed by atoms with Crippen molar-refractivity contribution in [2.24, 2.45) is 0 Å². The van der Waals surface area contributed by atoms with E-state index in [0.717, 1.165) is 53.9 Å². The molecule has 2 aromatic heterocycles. The van der Waals surface area contributed by atoms with Crippen molar-refractivity contribution >= 4 is 39.7 Å². The number of carbonyl (C=O) groups excluding carboxylic acids is 1. The minimum atomic E-state index is -0.189. The molecule has 5 heteroatoms. The first-order valence-electron chi connectivity index (χ1n) is 9.11. The maximum absolute atomic E-state index is 11.6. The number of benzene rings is 1. The molecular formula is C22H23N3OS. The van der Waals surface area contributed by atoms with Crippen molar-refractivity contribution in [3.8, 4) is 0 Å². The second-order valence-corrected chi connectivity index (χ2v) is 7.03. The van der Waals surface area contributed by atoms with Crippen LogP contribution in [0.3, 0.4) is 0 Å². The van der Waals surface area contributed by atoms with Gasteiger partial charge in [0, 0.05) is 23.5 Å². The lowest BCUT2D eigenvalue weighted by Gasteiger charge is -2.10. The highest BCUT2D eigenvalue weighted by molar-refractivity contribution is 7.80. The maximum atomic E-state index is 11.6. The number of aromatic nitrogens is 2. The summed E-state index contributed by atoms with van der Waals surface area (Å²) in [6.45, 7) is 3.50. The Bertz CT molecular complexity index is 961. The molecule has 0 saturated heterocycles. The number of thiocarbonyl (C=S) groups is 1. The number of para-hydroxylation sites is 1. The molecule has 2 N–H and O–H groups in total. The number of rotatable bonds is 9. The first-order chi connectivity index (χ1) is 13.2. The molecule has 0 bridgehead atoms. The van der Waals surface area contributed by atoms with Gasteiger partial charge in [-0.15, -0.1) is 0 Å². The Morgan fingerprint density at radius 2 is 2.00 bits per heavy atom. The van der Waals surface area contributed by atoms with Crippen LogP contribution in [0.4, 0.5) is 5.69 Å². The minimum absolute atomic E-state index is 0.189. The Hall–Kier alpha value is -2.79. The second-order valence-electron chi connectivity index (χ2n) is 6.45. The summed E-state index contributed by atoms with van der Waals surface area (Å²) < 4.78 is 0. The predicted molar refractivity (Wildman–Crippen MR) is 115 cm³/mol. The molecule has 0 saturated carbocycles. The summed E-state index contributed by atoms with van der Waals surface area (Å²) in [6.07, 6.45) is 9.62. The molecule has 1 aromatic carbocycles. The third-order valence-electron chi connectivity index (χ3n) is 4.59. The quantitative estimate of drug-likeness (QED) is 0.407. The van der Waals surface area contributed by atoms with Gasteiger partial charge in [0.2, 0.25) is 5.91 Å². The van der Waals surface area contributed by atoms with E-state index < -0.39 is 0 Å². The topological polar surface area (TPSA) is 57.8 Å². The van der Waals surface area contributed by atoms with Crippen LogP contribution in [0.1, 0.15) is 30.4 Å². The number of nitrogens with one attached hydrogen (secondary N) is 2. The lowest BCUT2D eigenvalue weighted by atomic mass is 10.0. The number of H-pyrrole nitrogens is 1. The zero-order chi connectivity index (χ0) is 19.1. The molecule has 0 radical (unpaired) electrons. The molecule has 0 fully saturated rings. The summed E-state index contributed by atoms with van der Waals surface area (Å²) in [6, 6.07) is 12.0. The van der Waals surface area contributed by atoms with Gasteiger partial charge in [0.1, 0.15) is 5.65 Å². The van der Waals surface area contributed by atoms with E-state index in [-0.39, 0.29) is 5.91 Å². The Labute approximate surface area is 164 Å². The van der Waals surface area contributed by atoms with E-state index >= 15 is 0 Å². The van der Waals surface area contributed by atoms with Crippen LogP contribution in [0.5, 0.6) is 0 Å². The average molecular weight is 378 g/mol. The monoisotopic (exact) mass is 377 g/mol. The summed E-state index contributed by atoms with van der Waals surface area (Å²) in [5.74, 6) is -0.189. The summed E-state index contributed by atoms with van der Waals surface area (Å²) in [5, 5.41) is 4.03. The van der Waals surface area contributed by atoms with Crippen molar-refractivity contribution in [2.75, 3.05) is 5.32 Å². The van der Waals surface area contributed by atoms with E-state index in [1.54, 1.807) is 0 Å². The summed E-state index contributed by atoms with van der Waals surface area (Å²) >= 11 is 5.59. The molecule has 1 amide bonds. The van der Waals surface area contributed by atoms with Gasteiger partial charge in [-0.3, -0.25) is 4.79 Å². The van der Waals surface area contributed by atoms with Gasteiger partial charge in [-0.1, -0.05) is 37.0 Å². The highest BCUT2D eigenvalue weighted by atomic mass is 32.1. The number of carbonyl (C=O) groups is 1.